The normalized spacial score (nSPS) is 14.9. The first-order valence-electron chi connectivity index (χ1n) is 27.5. The molecule has 0 amide bonds. The van der Waals surface area contributed by atoms with Crippen LogP contribution in [0, 0.1) is 0 Å². The van der Waals surface area contributed by atoms with Crippen molar-refractivity contribution in [3.8, 4) is 50.2 Å². The van der Waals surface area contributed by atoms with Crippen LogP contribution in [0.2, 0.25) is 0 Å². The average Bonchev–Trinajstić information content (AvgIpc) is 3.65. The van der Waals surface area contributed by atoms with Crippen molar-refractivity contribution >= 4 is 60.8 Å². The number of fused-ring (bicyclic) bond motifs is 12. The van der Waals surface area contributed by atoms with Crippen molar-refractivity contribution in [2.75, 3.05) is 4.90 Å². The van der Waals surface area contributed by atoms with Gasteiger partial charge in [-0.25, -0.2) is 0 Å². The Bertz CT molecular complexity index is 4680. The molecule has 0 saturated carbocycles. The molecule has 79 heavy (non-hydrogen) atoms. The molecule has 0 spiro atoms. The lowest BCUT2D eigenvalue weighted by atomic mass is 9.67. The predicted molar refractivity (Wildman–Crippen MR) is 328 cm³/mol. The Morgan fingerprint density at radius 2 is 0.810 bits per heavy atom. The van der Waals surface area contributed by atoms with E-state index in [1.165, 1.54) is 83.0 Å². The van der Waals surface area contributed by atoms with Crippen LogP contribution < -0.4 is 4.90 Å². The van der Waals surface area contributed by atoms with E-state index in [0.717, 1.165) is 61.4 Å². The lowest BCUT2D eigenvalue weighted by molar-refractivity contribution is 0.660. The molecule has 3 heteroatoms. The Morgan fingerprint density at radius 1 is 0.329 bits per heavy atom. The molecular weight excluding hydrogens is 957 g/mol. The van der Waals surface area contributed by atoms with Gasteiger partial charge in [-0.15, -0.1) is 0 Å². The van der Waals surface area contributed by atoms with Crippen molar-refractivity contribution in [3.63, 3.8) is 0 Å². The summed E-state index contributed by atoms with van der Waals surface area (Å²) in [4.78, 5) is 2.48. The number of hydrogen-bond acceptors (Lipinski definition) is 2. The lowest BCUT2D eigenvalue weighted by Gasteiger charge is -2.35. The van der Waals surface area contributed by atoms with E-state index in [1.54, 1.807) is 0 Å². The minimum atomic E-state index is -0.629. The Hall–Kier alpha value is -9.96. The molecule has 0 N–H and O–H groups in total. The summed E-state index contributed by atoms with van der Waals surface area (Å²) in [5.74, 6) is 0. The second-order valence-electron chi connectivity index (χ2n) is 21.9. The van der Waals surface area contributed by atoms with Gasteiger partial charge in [0, 0.05) is 55.3 Å². The first kappa shape index (κ1) is 45.3. The first-order valence-corrected chi connectivity index (χ1v) is 27.5. The van der Waals surface area contributed by atoms with Crippen LogP contribution in [-0.4, -0.2) is 4.57 Å². The molecule has 0 aliphatic heterocycles. The van der Waals surface area contributed by atoms with Gasteiger partial charge in [0.25, 0.3) is 0 Å². The Kier molecular flexibility index (Phi) is 9.90. The third-order valence-electron chi connectivity index (χ3n) is 17.5. The Labute approximate surface area is 459 Å². The van der Waals surface area contributed by atoms with Gasteiger partial charge in [-0.1, -0.05) is 226 Å². The van der Waals surface area contributed by atoms with Gasteiger partial charge in [-0.2, -0.15) is 0 Å². The van der Waals surface area contributed by atoms with Gasteiger partial charge >= 0.3 is 0 Å². The van der Waals surface area contributed by atoms with E-state index in [4.69, 9.17) is 4.42 Å². The fraction of sp³-hybridized carbons (Fsp3) is 0.0526. The average molecular weight is 1010 g/mol. The van der Waals surface area contributed by atoms with Crippen LogP contribution in [0.1, 0.15) is 47.2 Å². The quantitative estimate of drug-likeness (QED) is 0.151. The van der Waals surface area contributed by atoms with Gasteiger partial charge in [-0.05, 0) is 139 Å². The number of nitrogens with zero attached hydrogens (tertiary/aromatic N) is 2. The Balaban J connectivity index is 0.847. The molecule has 2 heterocycles. The highest BCUT2D eigenvalue weighted by Gasteiger charge is 2.46. The zero-order valence-corrected chi connectivity index (χ0v) is 43.9. The second-order valence-corrected chi connectivity index (χ2v) is 21.9. The molecule has 2 aromatic heterocycles. The van der Waals surface area contributed by atoms with Crippen molar-refractivity contribution in [1.82, 2.24) is 4.57 Å². The van der Waals surface area contributed by atoms with Crippen LogP contribution in [0.3, 0.4) is 0 Å². The number of para-hydroxylation sites is 4. The SMILES string of the molecule is CC1(C)c2ccccc2-c2ccc(N(c3ccc(-c4ccc(-n5c6ccccc6c6ccccc65)cc4)cc3)c3ccc4c(c3)C(c3ccccc3)(c3ccc(-c5cccc6c5oc5ccccc56)cc3)c3ccccc3-4)cc21. The van der Waals surface area contributed by atoms with Gasteiger partial charge in [0.1, 0.15) is 11.2 Å². The zero-order chi connectivity index (χ0) is 52.4. The number of aromatic nitrogens is 1. The zero-order valence-electron chi connectivity index (χ0n) is 43.9. The van der Waals surface area contributed by atoms with Gasteiger partial charge in [0.15, 0.2) is 0 Å². The summed E-state index contributed by atoms with van der Waals surface area (Å²) >= 11 is 0. The van der Waals surface area contributed by atoms with Gasteiger partial charge in [-0.3, -0.25) is 0 Å². The largest absolute Gasteiger partial charge is 0.455 e. The van der Waals surface area contributed by atoms with Crippen LogP contribution in [0.15, 0.2) is 283 Å². The molecule has 16 rings (SSSR count). The molecule has 0 bridgehead atoms. The smallest absolute Gasteiger partial charge is 0.143 e. The summed E-state index contributed by atoms with van der Waals surface area (Å²) in [6.45, 7) is 4.74. The summed E-state index contributed by atoms with van der Waals surface area (Å²) in [6.07, 6.45) is 0. The molecule has 12 aromatic carbocycles. The lowest BCUT2D eigenvalue weighted by Crippen LogP contribution is -2.28. The molecule has 1 atom stereocenters. The van der Waals surface area contributed by atoms with Gasteiger partial charge in [0.05, 0.1) is 16.4 Å². The topological polar surface area (TPSA) is 21.3 Å². The molecule has 14 aromatic rings. The molecule has 0 saturated heterocycles. The highest BCUT2D eigenvalue weighted by atomic mass is 16.3. The van der Waals surface area contributed by atoms with E-state index in [0.29, 0.717) is 0 Å². The molecule has 3 nitrogen and oxygen atoms in total. The number of rotatable bonds is 8. The number of benzene rings is 12. The van der Waals surface area contributed by atoms with Crippen molar-refractivity contribution < 1.29 is 4.42 Å². The minimum Gasteiger partial charge on any atom is -0.455 e. The maximum absolute atomic E-state index is 6.57. The maximum Gasteiger partial charge on any atom is 0.143 e. The van der Waals surface area contributed by atoms with Crippen LogP contribution in [0.5, 0.6) is 0 Å². The minimum absolute atomic E-state index is 0.174. The number of furan rings is 1. The molecule has 2 aliphatic carbocycles. The maximum atomic E-state index is 6.57. The van der Waals surface area contributed by atoms with E-state index in [1.807, 2.05) is 6.07 Å². The fourth-order valence-electron chi connectivity index (χ4n) is 13.8. The monoisotopic (exact) mass is 1010 g/mol. The van der Waals surface area contributed by atoms with E-state index in [9.17, 15) is 0 Å². The third-order valence-corrected chi connectivity index (χ3v) is 17.5. The standard InChI is InChI=1S/C76H52N2O/c1-75(2)67-26-11-6-19-59(67)61-45-43-56(47-69(61)75)77(54-39-33-49(34-40-54)50-35-41-55(42-36-50)78-71-28-13-8-21-63(71)64-22-9-14-29-72(64)78)57-44-46-62-60-20-7-12-27-68(60)76(70(62)48-57,52-17-4-3-5-18-52)53-37-31-51(32-38-53)58-24-16-25-66-65-23-10-15-30-73(65)79-74(58)66/h3-48H,1-2H3. The highest BCUT2D eigenvalue weighted by Crippen LogP contribution is 2.58. The molecule has 2 aliphatic rings. The van der Waals surface area contributed by atoms with Crippen molar-refractivity contribution in [3.05, 3.63) is 312 Å². The third kappa shape index (κ3) is 6.66. The first-order chi connectivity index (χ1) is 38.9. The van der Waals surface area contributed by atoms with Gasteiger partial charge < -0.3 is 13.9 Å². The van der Waals surface area contributed by atoms with E-state index >= 15 is 0 Å². The van der Waals surface area contributed by atoms with Gasteiger partial charge in [0.2, 0.25) is 0 Å². The Morgan fingerprint density at radius 3 is 1.51 bits per heavy atom. The molecule has 0 fully saturated rings. The molecular formula is C76H52N2O. The van der Waals surface area contributed by atoms with Crippen molar-refractivity contribution in [1.29, 1.82) is 0 Å². The fourth-order valence-corrected chi connectivity index (χ4v) is 13.8. The van der Waals surface area contributed by atoms with Crippen LogP contribution >= 0.6 is 0 Å². The summed E-state index contributed by atoms with van der Waals surface area (Å²) in [5, 5.41) is 4.79. The second kappa shape index (κ2) is 17.3. The number of anilines is 3. The van der Waals surface area contributed by atoms with Crippen LogP contribution in [0.4, 0.5) is 17.1 Å². The van der Waals surface area contributed by atoms with Crippen LogP contribution in [0.25, 0.3) is 93.9 Å². The highest BCUT2D eigenvalue weighted by molar-refractivity contribution is 6.10. The van der Waals surface area contributed by atoms with Crippen molar-refractivity contribution in [2.45, 2.75) is 24.7 Å². The molecule has 1 unspecified atom stereocenters. The summed E-state index contributed by atoms with van der Waals surface area (Å²) in [6, 6.07) is 103. The number of hydrogen-bond donors (Lipinski definition) is 0. The van der Waals surface area contributed by atoms with Crippen molar-refractivity contribution in [2.24, 2.45) is 0 Å². The van der Waals surface area contributed by atoms with E-state index in [2.05, 4.69) is 296 Å². The van der Waals surface area contributed by atoms with E-state index in [-0.39, 0.29) is 5.41 Å². The summed E-state index contributed by atoms with van der Waals surface area (Å²) < 4.78 is 8.96. The van der Waals surface area contributed by atoms with E-state index < -0.39 is 5.41 Å². The predicted octanol–water partition coefficient (Wildman–Crippen LogP) is 20.2. The van der Waals surface area contributed by atoms with Crippen LogP contribution in [-0.2, 0) is 10.8 Å². The summed E-state index contributed by atoms with van der Waals surface area (Å²) in [5.41, 5.74) is 25.2. The molecule has 372 valence electrons. The molecule has 0 radical (unpaired) electrons. The summed E-state index contributed by atoms with van der Waals surface area (Å²) in [7, 11) is 0.